The van der Waals surface area contributed by atoms with E-state index in [1.807, 2.05) is 0 Å². The van der Waals surface area contributed by atoms with Gasteiger partial charge in [-0.2, -0.15) is 0 Å². The van der Waals surface area contributed by atoms with Gasteiger partial charge in [0.05, 0.1) is 6.26 Å². The SMILES string of the molecule is NNC(c1ccco1)c1cc2cc(F)ccc2o1. The Morgan fingerprint density at radius 1 is 1.17 bits per heavy atom. The zero-order valence-electron chi connectivity index (χ0n) is 9.39. The average Bonchev–Trinajstić information content (AvgIpc) is 2.98. The van der Waals surface area contributed by atoms with Crippen molar-refractivity contribution < 1.29 is 13.2 Å². The zero-order chi connectivity index (χ0) is 12.5. The molecular weight excluding hydrogens is 235 g/mol. The molecule has 0 fully saturated rings. The molecule has 0 aliphatic carbocycles. The molecule has 3 N–H and O–H groups in total. The highest BCUT2D eigenvalue weighted by molar-refractivity contribution is 5.78. The second-order valence-corrected chi connectivity index (χ2v) is 3.95. The summed E-state index contributed by atoms with van der Waals surface area (Å²) in [6, 6.07) is 9.26. The molecule has 1 unspecified atom stereocenters. The van der Waals surface area contributed by atoms with Gasteiger partial charge < -0.3 is 8.83 Å². The minimum Gasteiger partial charge on any atom is -0.467 e. The van der Waals surface area contributed by atoms with E-state index in [2.05, 4.69) is 5.43 Å². The maximum atomic E-state index is 13.1. The van der Waals surface area contributed by atoms with Gasteiger partial charge in [-0.3, -0.25) is 5.84 Å². The third kappa shape index (κ3) is 1.79. The molecular formula is C13H11FN2O2. The van der Waals surface area contributed by atoms with Crippen molar-refractivity contribution in [3.8, 4) is 0 Å². The van der Waals surface area contributed by atoms with Crippen LogP contribution >= 0.6 is 0 Å². The summed E-state index contributed by atoms with van der Waals surface area (Å²) in [5, 5.41) is 0.691. The lowest BCUT2D eigenvalue weighted by atomic mass is 10.1. The van der Waals surface area contributed by atoms with Crippen LogP contribution in [-0.2, 0) is 0 Å². The van der Waals surface area contributed by atoms with Crippen LogP contribution in [0.15, 0.2) is 51.5 Å². The number of furan rings is 2. The van der Waals surface area contributed by atoms with Crippen LogP contribution in [0.1, 0.15) is 17.6 Å². The first-order chi connectivity index (χ1) is 8.78. The third-order valence-corrected chi connectivity index (χ3v) is 2.78. The first kappa shape index (κ1) is 11.0. The van der Waals surface area contributed by atoms with E-state index in [0.29, 0.717) is 22.5 Å². The standard InChI is InChI=1S/C13H11FN2O2/c14-9-3-4-10-8(6-9)7-12(18-10)13(16-15)11-2-1-5-17-11/h1-7,13,16H,15H2. The van der Waals surface area contributed by atoms with E-state index in [1.165, 1.54) is 12.1 Å². The van der Waals surface area contributed by atoms with Crippen LogP contribution in [0.25, 0.3) is 11.0 Å². The Balaban J connectivity index is 2.07. The minimum atomic E-state index is -0.393. The molecule has 0 amide bonds. The molecule has 0 spiro atoms. The normalized spacial score (nSPS) is 13.0. The highest BCUT2D eigenvalue weighted by Crippen LogP contribution is 2.28. The van der Waals surface area contributed by atoms with E-state index in [-0.39, 0.29) is 5.82 Å². The Morgan fingerprint density at radius 2 is 2.06 bits per heavy atom. The number of benzene rings is 1. The number of nitrogens with one attached hydrogen (secondary N) is 1. The zero-order valence-corrected chi connectivity index (χ0v) is 9.39. The van der Waals surface area contributed by atoms with Gasteiger partial charge in [0.15, 0.2) is 0 Å². The molecule has 5 heteroatoms. The fraction of sp³-hybridized carbons (Fsp3) is 0.0769. The molecule has 0 radical (unpaired) electrons. The summed E-state index contributed by atoms with van der Waals surface area (Å²) in [5.41, 5.74) is 3.22. The number of hydrogen-bond acceptors (Lipinski definition) is 4. The predicted octanol–water partition coefficient (Wildman–Crippen LogP) is 2.72. The maximum absolute atomic E-state index is 13.1. The van der Waals surface area contributed by atoms with Crippen LogP contribution in [0.4, 0.5) is 4.39 Å². The molecule has 3 rings (SSSR count). The molecule has 3 aromatic rings. The Labute approximate surface area is 102 Å². The van der Waals surface area contributed by atoms with Crippen molar-refractivity contribution in [2.24, 2.45) is 5.84 Å². The molecule has 4 nitrogen and oxygen atoms in total. The number of rotatable bonds is 3. The lowest BCUT2D eigenvalue weighted by molar-refractivity contribution is 0.403. The minimum absolute atomic E-state index is 0.301. The first-order valence-corrected chi connectivity index (χ1v) is 5.46. The number of halogens is 1. The summed E-state index contributed by atoms with van der Waals surface area (Å²) >= 11 is 0. The molecule has 0 bridgehead atoms. The van der Waals surface area contributed by atoms with Crippen molar-refractivity contribution in [1.82, 2.24) is 5.43 Å². The van der Waals surface area contributed by atoms with Crippen molar-refractivity contribution >= 4 is 11.0 Å². The van der Waals surface area contributed by atoms with E-state index in [4.69, 9.17) is 14.7 Å². The molecule has 0 saturated heterocycles. The smallest absolute Gasteiger partial charge is 0.137 e. The van der Waals surface area contributed by atoms with Gasteiger partial charge in [0.25, 0.3) is 0 Å². The summed E-state index contributed by atoms with van der Waals surface area (Å²) in [5.74, 6) is 6.42. The molecule has 2 aromatic heterocycles. The monoisotopic (exact) mass is 246 g/mol. The van der Waals surface area contributed by atoms with Crippen molar-refractivity contribution in [3.63, 3.8) is 0 Å². The van der Waals surface area contributed by atoms with Gasteiger partial charge in [0.1, 0.15) is 29.0 Å². The van der Waals surface area contributed by atoms with Gasteiger partial charge in [-0.1, -0.05) is 0 Å². The van der Waals surface area contributed by atoms with E-state index >= 15 is 0 Å². The van der Waals surface area contributed by atoms with Gasteiger partial charge in [-0.25, -0.2) is 9.82 Å². The third-order valence-electron chi connectivity index (χ3n) is 2.78. The summed E-state index contributed by atoms with van der Waals surface area (Å²) in [6.07, 6.45) is 1.56. The van der Waals surface area contributed by atoms with Gasteiger partial charge in [0.2, 0.25) is 0 Å². The van der Waals surface area contributed by atoms with Crippen molar-refractivity contribution in [3.05, 3.63) is 60.0 Å². The second-order valence-electron chi connectivity index (χ2n) is 3.95. The first-order valence-electron chi connectivity index (χ1n) is 5.46. The molecule has 0 aliphatic heterocycles. The van der Waals surface area contributed by atoms with Gasteiger partial charge in [0, 0.05) is 5.39 Å². The van der Waals surface area contributed by atoms with Gasteiger partial charge >= 0.3 is 0 Å². The molecule has 0 aliphatic rings. The number of hydrogen-bond donors (Lipinski definition) is 2. The van der Waals surface area contributed by atoms with Gasteiger partial charge in [-0.15, -0.1) is 0 Å². The van der Waals surface area contributed by atoms with Gasteiger partial charge in [-0.05, 0) is 36.4 Å². The summed E-state index contributed by atoms with van der Waals surface area (Å²) in [6.45, 7) is 0. The fourth-order valence-electron chi connectivity index (χ4n) is 1.94. The maximum Gasteiger partial charge on any atom is 0.137 e. The Morgan fingerprint density at radius 3 is 2.78 bits per heavy atom. The number of nitrogens with two attached hydrogens (primary N) is 1. The summed E-state index contributed by atoms with van der Waals surface area (Å²) in [7, 11) is 0. The molecule has 92 valence electrons. The molecule has 18 heavy (non-hydrogen) atoms. The van der Waals surface area contributed by atoms with Crippen LogP contribution in [0.2, 0.25) is 0 Å². The Bertz CT molecular complexity index is 661. The Kier molecular flexibility index (Phi) is 2.62. The van der Waals surface area contributed by atoms with E-state index in [1.54, 1.807) is 30.5 Å². The van der Waals surface area contributed by atoms with Crippen LogP contribution in [0, 0.1) is 5.82 Å². The molecule has 0 saturated carbocycles. The topological polar surface area (TPSA) is 64.3 Å². The van der Waals surface area contributed by atoms with Crippen molar-refractivity contribution in [1.29, 1.82) is 0 Å². The highest BCUT2D eigenvalue weighted by atomic mass is 19.1. The van der Waals surface area contributed by atoms with E-state index in [0.717, 1.165) is 0 Å². The van der Waals surface area contributed by atoms with Crippen molar-refractivity contribution in [2.75, 3.05) is 0 Å². The summed E-state index contributed by atoms with van der Waals surface area (Å²) < 4.78 is 24.0. The number of fused-ring (bicyclic) bond motifs is 1. The van der Waals surface area contributed by atoms with Crippen LogP contribution in [0.5, 0.6) is 0 Å². The fourth-order valence-corrected chi connectivity index (χ4v) is 1.94. The molecule has 2 heterocycles. The van der Waals surface area contributed by atoms with E-state index in [9.17, 15) is 4.39 Å². The lowest BCUT2D eigenvalue weighted by Crippen LogP contribution is -2.28. The molecule has 1 aromatic carbocycles. The highest BCUT2D eigenvalue weighted by Gasteiger charge is 2.19. The summed E-state index contributed by atoms with van der Waals surface area (Å²) in [4.78, 5) is 0. The van der Waals surface area contributed by atoms with Crippen molar-refractivity contribution in [2.45, 2.75) is 6.04 Å². The average molecular weight is 246 g/mol. The second kappa shape index (κ2) is 4.29. The lowest BCUT2D eigenvalue weighted by Gasteiger charge is -2.09. The number of hydrazine groups is 1. The predicted molar refractivity (Wildman–Crippen MR) is 64.0 cm³/mol. The molecule has 1 atom stereocenters. The largest absolute Gasteiger partial charge is 0.467 e. The Hall–Kier alpha value is -2.11. The van der Waals surface area contributed by atoms with Crippen LogP contribution in [-0.4, -0.2) is 0 Å². The van der Waals surface area contributed by atoms with E-state index < -0.39 is 6.04 Å². The van der Waals surface area contributed by atoms with Crippen LogP contribution < -0.4 is 11.3 Å². The van der Waals surface area contributed by atoms with Crippen LogP contribution in [0.3, 0.4) is 0 Å². The quantitative estimate of drug-likeness (QED) is 0.551.